The summed E-state index contributed by atoms with van der Waals surface area (Å²) in [5.74, 6) is 1.03. The first kappa shape index (κ1) is 16.7. The summed E-state index contributed by atoms with van der Waals surface area (Å²) in [6.45, 7) is 6.82. The van der Waals surface area contributed by atoms with Crippen LogP contribution in [0.4, 0.5) is 0 Å². The van der Waals surface area contributed by atoms with Crippen LogP contribution >= 0.6 is 15.9 Å². The van der Waals surface area contributed by atoms with E-state index in [1.165, 1.54) is 25.8 Å². The molecule has 0 atom stereocenters. The molecule has 0 N–H and O–H groups in total. The second-order valence-corrected chi connectivity index (χ2v) is 7.40. The van der Waals surface area contributed by atoms with E-state index in [1.807, 2.05) is 24.3 Å². The van der Waals surface area contributed by atoms with Gasteiger partial charge in [0.25, 0.3) is 0 Å². The van der Waals surface area contributed by atoms with Gasteiger partial charge in [-0.25, -0.2) is 0 Å². The zero-order valence-corrected chi connectivity index (χ0v) is 14.7. The van der Waals surface area contributed by atoms with E-state index in [2.05, 4.69) is 34.7 Å². The summed E-state index contributed by atoms with van der Waals surface area (Å²) < 4.78 is 1.02. The summed E-state index contributed by atoms with van der Waals surface area (Å²) in [7, 11) is 0. The minimum Gasteiger partial charge on any atom is -0.300 e. The van der Waals surface area contributed by atoms with E-state index < -0.39 is 0 Å². The van der Waals surface area contributed by atoms with Crippen molar-refractivity contribution in [1.29, 1.82) is 0 Å². The molecule has 0 radical (unpaired) electrons. The zero-order valence-electron chi connectivity index (χ0n) is 13.1. The molecule has 116 valence electrons. The number of hydrogen-bond donors (Lipinski definition) is 0. The third-order valence-corrected chi connectivity index (χ3v) is 4.60. The van der Waals surface area contributed by atoms with Gasteiger partial charge in [0.1, 0.15) is 0 Å². The fraction of sp³-hybridized carbons (Fsp3) is 0.611. The molecule has 0 spiro atoms. The van der Waals surface area contributed by atoms with Crippen molar-refractivity contribution in [3.05, 3.63) is 34.3 Å². The van der Waals surface area contributed by atoms with Gasteiger partial charge in [-0.1, -0.05) is 41.9 Å². The lowest BCUT2D eigenvalue weighted by molar-refractivity contribution is 0.0973. The van der Waals surface area contributed by atoms with Gasteiger partial charge in [0.05, 0.1) is 0 Å². The van der Waals surface area contributed by atoms with Crippen LogP contribution in [0.25, 0.3) is 0 Å². The minimum atomic E-state index is 0.266. The van der Waals surface area contributed by atoms with Crippen LogP contribution in [0.1, 0.15) is 56.3 Å². The van der Waals surface area contributed by atoms with Crippen LogP contribution in [0.2, 0.25) is 0 Å². The topological polar surface area (TPSA) is 20.3 Å². The summed E-state index contributed by atoms with van der Waals surface area (Å²) in [5.41, 5.74) is 0.832. The first-order valence-corrected chi connectivity index (χ1v) is 8.88. The molecule has 1 aromatic rings. The van der Waals surface area contributed by atoms with Gasteiger partial charge in [-0.3, -0.25) is 4.79 Å². The molecular formula is C18H26BrNO. The molecule has 0 bridgehead atoms. The molecule has 0 aliphatic heterocycles. The molecule has 0 aromatic heterocycles. The lowest BCUT2D eigenvalue weighted by Gasteiger charge is -2.22. The maximum absolute atomic E-state index is 12.2. The van der Waals surface area contributed by atoms with Crippen molar-refractivity contribution in [1.82, 2.24) is 4.90 Å². The maximum Gasteiger partial charge on any atom is 0.162 e. The van der Waals surface area contributed by atoms with Crippen LogP contribution in [0.5, 0.6) is 0 Å². The number of carbonyl (C=O) groups is 1. The van der Waals surface area contributed by atoms with E-state index in [9.17, 15) is 4.79 Å². The Labute approximate surface area is 137 Å². The number of ketones is 1. The van der Waals surface area contributed by atoms with E-state index >= 15 is 0 Å². The number of hydrogen-bond acceptors (Lipinski definition) is 2. The van der Waals surface area contributed by atoms with Gasteiger partial charge >= 0.3 is 0 Å². The van der Waals surface area contributed by atoms with Gasteiger partial charge in [-0.2, -0.15) is 0 Å². The Bertz CT molecular complexity index is 451. The number of carbonyl (C=O) groups excluding carboxylic acids is 1. The molecule has 2 nitrogen and oxygen atoms in total. The molecule has 1 aliphatic carbocycles. The largest absolute Gasteiger partial charge is 0.300 e. The van der Waals surface area contributed by atoms with Crippen LogP contribution in [-0.4, -0.2) is 29.8 Å². The first-order valence-electron chi connectivity index (χ1n) is 8.09. The number of nitrogens with zero attached hydrogens (tertiary/aromatic N) is 1. The Morgan fingerprint density at radius 3 is 2.48 bits per heavy atom. The van der Waals surface area contributed by atoms with E-state index in [1.54, 1.807) is 0 Å². The molecule has 0 heterocycles. The lowest BCUT2D eigenvalue weighted by Crippen LogP contribution is -2.29. The van der Waals surface area contributed by atoms with Crippen LogP contribution < -0.4 is 0 Å². The lowest BCUT2D eigenvalue weighted by atomic mass is 10.1. The highest BCUT2D eigenvalue weighted by molar-refractivity contribution is 9.10. The Morgan fingerprint density at radius 2 is 1.90 bits per heavy atom. The van der Waals surface area contributed by atoms with Crippen LogP contribution in [0.15, 0.2) is 28.7 Å². The standard InChI is InChI=1S/C18H26BrNO/c1-14(2)11-13-20(17-9-10-17)12-3-4-18(21)15-5-7-16(19)8-6-15/h5-8,14,17H,3-4,9-13H2,1-2H3. The van der Waals surface area contributed by atoms with Gasteiger partial charge in [-0.15, -0.1) is 0 Å². The highest BCUT2D eigenvalue weighted by atomic mass is 79.9. The Hall–Kier alpha value is -0.670. The van der Waals surface area contributed by atoms with E-state index in [0.29, 0.717) is 6.42 Å². The number of Topliss-reactive ketones (excluding diaryl/α,β-unsaturated/α-hetero) is 1. The van der Waals surface area contributed by atoms with Crippen LogP contribution in [-0.2, 0) is 0 Å². The average molecular weight is 352 g/mol. The van der Waals surface area contributed by atoms with E-state index in [4.69, 9.17) is 0 Å². The van der Waals surface area contributed by atoms with Crippen molar-refractivity contribution in [3.63, 3.8) is 0 Å². The average Bonchev–Trinajstić information content (AvgIpc) is 3.27. The normalized spacial score (nSPS) is 14.9. The van der Waals surface area contributed by atoms with Gasteiger partial charge in [-0.05, 0) is 56.8 Å². The van der Waals surface area contributed by atoms with Crippen molar-refractivity contribution < 1.29 is 4.79 Å². The number of halogens is 1. The highest BCUT2D eigenvalue weighted by Crippen LogP contribution is 2.27. The molecule has 1 fully saturated rings. The Morgan fingerprint density at radius 1 is 1.24 bits per heavy atom. The monoisotopic (exact) mass is 351 g/mol. The Balaban J connectivity index is 1.73. The summed E-state index contributed by atoms with van der Waals surface area (Å²) in [5, 5.41) is 0. The SMILES string of the molecule is CC(C)CCN(CCCC(=O)c1ccc(Br)cc1)C1CC1. The summed E-state index contributed by atoms with van der Waals surface area (Å²) in [6, 6.07) is 8.48. The van der Waals surface area contributed by atoms with Gasteiger partial charge < -0.3 is 4.90 Å². The van der Waals surface area contributed by atoms with Crippen LogP contribution in [0.3, 0.4) is 0 Å². The molecule has 0 saturated heterocycles. The predicted octanol–water partition coefficient (Wildman–Crippen LogP) is 4.92. The fourth-order valence-electron chi connectivity index (χ4n) is 2.56. The molecule has 1 saturated carbocycles. The molecule has 3 heteroatoms. The molecule has 0 unspecified atom stereocenters. The smallest absolute Gasteiger partial charge is 0.162 e. The number of benzene rings is 1. The van der Waals surface area contributed by atoms with Gasteiger partial charge in [0.2, 0.25) is 0 Å². The first-order chi connectivity index (χ1) is 10.1. The summed E-state index contributed by atoms with van der Waals surface area (Å²) in [6.07, 6.45) is 5.59. The second kappa shape index (κ2) is 8.09. The van der Waals surface area contributed by atoms with E-state index in [0.717, 1.165) is 35.0 Å². The van der Waals surface area contributed by atoms with E-state index in [-0.39, 0.29) is 5.78 Å². The van der Waals surface area contributed by atoms with Crippen molar-refractivity contribution in [3.8, 4) is 0 Å². The molecule has 1 aliphatic rings. The van der Waals surface area contributed by atoms with Crippen molar-refractivity contribution >= 4 is 21.7 Å². The second-order valence-electron chi connectivity index (χ2n) is 6.48. The quantitative estimate of drug-likeness (QED) is 0.588. The summed E-state index contributed by atoms with van der Waals surface area (Å²) >= 11 is 3.40. The summed E-state index contributed by atoms with van der Waals surface area (Å²) in [4.78, 5) is 14.7. The van der Waals surface area contributed by atoms with Crippen molar-refractivity contribution in [2.45, 2.75) is 52.0 Å². The molecule has 21 heavy (non-hydrogen) atoms. The molecule has 0 amide bonds. The zero-order chi connectivity index (χ0) is 15.2. The van der Waals surface area contributed by atoms with Gasteiger partial charge in [0.15, 0.2) is 5.78 Å². The number of rotatable bonds is 9. The van der Waals surface area contributed by atoms with Crippen molar-refractivity contribution in [2.75, 3.05) is 13.1 Å². The Kier molecular flexibility index (Phi) is 6.43. The predicted molar refractivity (Wildman–Crippen MR) is 91.8 cm³/mol. The molecular weight excluding hydrogens is 326 g/mol. The highest BCUT2D eigenvalue weighted by Gasteiger charge is 2.28. The van der Waals surface area contributed by atoms with Gasteiger partial charge in [0, 0.05) is 22.5 Å². The van der Waals surface area contributed by atoms with Crippen LogP contribution in [0, 0.1) is 5.92 Å². The third kappa shape index (κ3) is 5.91. The molecule has 2 rings (SSSR count). The maximum atomic E-state index is 12.2. The van der Waals surface area contributed by atoms with Crippen molar-refractivity contribution in [2.24, 2.45) is 5.92 Å². The third-order valence-electron chi connectivity index (χ3n) is 4.07. The minimum absolute atomic E-state index is 0.266. The molecule has 1 aromatic carbocycles. The fourth-order valence-corrected chi connectivity index (χ4v) is 2.83.